The molecule has 0 aliphatic rings. The van der Waals surface area contributed by atoms with Gasteiger partial charge in [-0.05, 0) is 55.4 Å². The van der Waals surface area contributed by atoms with Crippen LogP contribution in [0.5, 0.6) is 0 Å². The molecule has 4 nitrogen and oxygen atoms in total. The lowest BCUT2D eigenvalue weighted by Crippen LogP contribution is -2.38. The second-order valence-corrected chi connectivity index (χ2v) is 7.69. The van der Waals surface area contributed by atoms with Crippen LogP contribution in [0.2, 0.25) is 0 Å². The summed E-state index contributed by atoms with van der Waals surface area (Å²) in [6, 6.07) is 0.620. The highest BCUT2D eigenvalue weighted by Gasteiger charge is 2.32. The molecule has 0 unspecified atom stereocenters. The molecule has 0 radical (unpaired) electrons. The highest BCUT2D eigenvalue weighted by molar-refractivity contribution is 7.53. The van der Waals surface area contributed by atoms with Crippen molar-refractivity contribution in [2.75, 3.05) is 6.29 Å². The summed E-state index contributed by atoms with van der Waals surface area (Å²) in [6.07, 6.45) is 0.144. The van der Waals surface area contributed by atoms with E-state index in [0.717, 1.165) is 0 Å². The normalized spacial score (nSPS) is 13.6. The van der Waals surface area contributed by atoms with Gasteiger partial charge in [0.25, 0.3) is 0 Å². The number of nitrogens with zero attached hydrogens (tertiary/aromatic N) is 1. The van der Waals surface area contributed by atoms with Gasteiger partial charge in [-0.2, -0.15) is 0 Å². The fourth-order valence-electron chi connectivity index (χ4n) is 1.86. The van der Waals surface area contributed by atoms with E-state index >= 15 is 0 Å². The van der Waals surface area contributed by atoms with Gasteiger partial charge in [-0.15, -0.1) is 0 Å². The molecular weight excluding hydrogens is 249 g/mol. The fraction of sp³-hybridized carbons (Fsp3) is 1.00. The van der Waals surface area contributed by atoms with Crippen LogP contribution in [-0.4, -0.2) is 35.5 Å². The molecule has 0 spiro atoms. The van der Waals surface area contributed by atoms with Gasteiger partial charge in [-0.3, -0.25) is 9.46 Å². The van der Waals surface area contributed by atoms with Crippen LogP contribution < -0.4 is 0 Å². The van der Waals surface area contributed by atoms with Crippen LogP contribution in [0.1, 0.15) is 55.4 Å². The van der Waals surface area contributed by atoms with Crippen molar-refractivity contribution in [2.24, 2.45) is 0 Å². The maximum Gasteiger partial charge on any atom is 0.345 e. The Labute approximate surface area is 113 Å². The maximum absolute atomic E-state index is 12.8. The SMILES string of the molecule is CC(C)OP(=O)(CN(C(C)C)C(C)C)OC(C)C. The van der Waals surface area contributed by atoms with Crippen LogP contribution in [0.15, 0.2) is 0 Å². The summed E-state index contributed by atoms with van der Waals surface area (Å²) < 4.78 is 23.9. The summed E-state index contributed by atoms with van der Waals surface area (Å²) in [5.41, 5.74) is 0. The van der Waals surface area contributed by atoms with Gasteiger partial charge in [0, 0.05) is 12.1 Å². The van der Waals surface area contributed by atoms with Crippen LogP contribution >= 0.6 is 7.60 Å². The molecule has 18 heavy (non-hydrogen) atoms. The zero-order valence-electron chi connectivity index (χ0n) is 13.1. The van der Waals surface area contributed by atoms with E-state index in [1.165, 1.54) is 0 Å². The van der Waals surface area contributed by atoms with Gasteiger partial charge in [0.15, 0.2) is 0 Å². The summed E-state index contributed by atoms with van der Waals surface area (Å²) in [5.74, 6) is 0. The third-order valence-corrected chi connectivity index (χ3v) is 4.56. The van der Waals surface area contributed by atoms with E-state index in [9.17, 15) is 4.57 Å². The molecule has 0 heterocycles. The van der Waals surface area contributed by atoms with Crippen LogP contribution in [0, 0.1) is 0 Å². The van der Waals surface area contributed by atoms with Gasteiger partial charge < -0.3 is 9.05 Å². The molecule has 0 saturated heterocycles. The first-order valence-corrected chi connectivity index (χ1v) is 8.51. The smallest absolute Gasteiger partial charge is 0.305 e. The van der Waals surface area contributed by atoms with Crippen molar-refractivity contribution in [3.63, 3.8) is 0 Å². The Hall–Kier alpha value is 0.110. The van der Waals surface area contributed by atoms with Crippen molar-refractivity contribution in [1.82, 2.24) is 4.90 Å². The Morgan fingerprint density at radius 3 is 1.39 bits per heavy atom. The third kappa shape index (κ3) is 6.89. The van der Waals surface area contributed by atoms with E-state index in [1.54, 1.807) is 0 Å². The summed E-state index contributed by atoms with van der Waals surface area (Å²) in [4.78, 5) is 2.14. The molecule has 0 bridgehead atoms. The van der Waals surface area contributed by atoms with Crippen LogP contribution in [-0.2, 0) is 13.6 Å². The van der Waals surface area contributed by atoms with E-state index in [2.05, 4.69) is 32.6 Å². The molecule has 0 N–H and O–H groups in total. The van der Waals surface area contributed by atoms with E-state index in [1.807, 2.05) is 27.7 Å². The molecular formula is C13H30NO3P. The quantitative estimate of drug-likeness (QED) is 0.627. The van der Waals surface area contributed by atoms with Crippen molar-refractivity contribution in [3.8, 4) is 0 Å². The largest absolute Gasteiger partial charge is 0.345 e. The van der Waals surface area contributed by atoms with Crippen LogP contribution in [0.4, 0.5) is 0 Å². The standard InChI is InChI=1S/C13H30NO3P/c1-10(2)14(11(3)4)9-18(15,16-12(5)6)17-13(7)8/h10-13H,9H2,1-8H3. The highest BCUT2D eigenvalue weighted by Crippen LogP contribution is 2.51. The molecule has 0 aromatic heterocycles. The minimum Gasteiger partial charge on any atom is -0.305 e. The predicted octanol–water partition coefficient (Wildman–Crippen LogP) is 4.11. The Morgan fingerprint density at radius 1 is 0.833 bits per heavy atom. The first kappa shape index (κ1) is 18.1. The summed E-state index contributed by atoms with van der Waals surface area (Å²) in [6.45, 7) is 15.9. The Balaban J connectivity index is 4.91. The van der Waals surface area contributed by atoms with Gasteiger partial charge in [-0.1, -0.05) is 0 Å². The molecule has 110 valence electrons. The average Bonchev–Trinajstić information content (AvgIpc) is 2.10. The van der Waals surface area contributed by atoms with Crippen molar-refractivity contribution in [1.29, 1.82) is 0 Å². The summed E-state index contributed by atoms with van der Waals surface area (Å²) >= 11 is 0. The molecule has 0 aliphatic carbocycles. The zero-order valence-corrected chi connectivity index (χ0v) is 14.0. The topological polar surface area (TPSA) is 38.8 Å². The summed E-state index contributed by atoms with van der Waals surface area (Å²) in [7, 11) is -3.07. The zero-order chi connectivity index (χ0) is 14.5. The van der Waals surface area contributed by atoms with Gasteiger partial charge in [0.05, 0.1) is 12.2 Å². The molecule has 0 aromatic carbocycles. The molecule has 5 heteroatoms. The van der Waals surface area contributed by atoms with Crippen molar-refractivity contribution in [3.05, 3.63) is 0 Å². The second kappa shape index (κ2) is 7.64. The summed E-state index contributed by atoms with van der Waals surface area (Å²) in [5, 5.41) is 0. The Kier molecular flexibility index (Phi) is 7.69. The molecule has 0 fully saturated rings. The van der Waals surface area contributed by atoms with E-state index < -0.39 is 7.60 Å². The van der Waals surface area contributed by atoms with Crippen LogP contribution in [0.3, 0.4) is 0 Å². The van der Waals surface area contributed by atoms with Crippen molar-refractivity contribution < 1.29 is 13.6 Å². The van der Waals surface area contributed by atoms with Crippen molar-refractivity contribution in [2.45, 2.75) is 79.7 Å². The minimum absolute atomic E-state index is 0.101. The van der Waals surface area contributed by atoms with Gasteiger partial charge in [0.2, 0.25) is 0 Å². The lowest BCUT2D eigenvalue weighted by molar-refractivity contribution is 0.116. The van der Waals surface area contributed by atoms with Gasteiger partial charge in [-0.25, -0.2) is 0 Å². The Morgan fingerprint density at radius 2 is 1.17 bits per heavy atom. The first-order valence-electron chi connectivity index (χ1n) is 6.79. The van der Waals surface area contributed by atoms with Gasteiger partial charge in [0.1, 0.15) is 6.29 Å². The van der Waals surface area contributed by atoms with E-state index in [4.69, 9.17) is 9.05 Å². The Bertz CT molecular complexity index is 255. The lowest BCUT2D eigenvalue weighted by Gasteiger charge is -2.34. The molecule has 0 saturated carbocycles. The molecule has 0 amide bonds. The first-order chi connectivity index (χ1) is 8.07. The predicted molar refractivity (Wildman–Crippen MR) is 77.0 cm³/mol. The maximum atomic E-state index is 12.8. The molecule has 0 aliphatic heterocycles. The van der Waals surface area contributed by atoms with E-state index in [-0.39, 0.29) is 12.2 Å². The number of hydrogen-bond donors (Lipinski definition) is 0. The highest BCUT2D eigenvalue weighted by atomic mass is 31.2. The lowest BCUT2D eigenvalue weighted by atomic mass is 10.2. The molecule has 0 atom stereocenters. The second-order valence-electron chi connectivity index (χ2n) is 5.76. The van der Waals surface area contributed by atoms with E-state index in [0.29, 0.717) is 18.4 Å². The fourth-order valence-corrected chi connectivity index (χ4v) is 4.38. The minimum atomic E-state index is -3.07. The molecule has 0 rings (SSSR count). The van der Waals surface area contributed by atoms with Crippen LogP contribution in [0.25, 0.3) is 0 Å². The third-order valence-electron chi connectivity index (χ3n) is 2.41. The molecule has 0 aromatic rings. The monoisotopic (exact) mass is 279 g/mol. The average molecular weight is 279 g/mol. The number of rotatable bonds is 8. The van der Waals surface area contributed by atoms with Gasteiger partial charge >= 0.3 is 7.60 Å². The number of hydrogen-bond acceptors (Lipinski definition) is 4. The van der Waals surface area contributed by atoms with Crippen molar-refractivity contribution >= 4 is 7.60 Å².